The van der Waals surface area contributed by atoms with Crippen LogP contribution in [0.3, 0.4) is 0 Å². The van der Waals surface area contributed by atoms with Crippen molar-refractivity contribution in [3.63, 3.8) is 0 Å². The number of hydrogen-bond acceptors (Lipinski definition) is 4. The maximum Gasteiger partial charge on any atom is 0.170 e. The Kier molecular flexibility index (Phi) is 6.36. The van der Waals surface area contributed by atoms with Gasteiger partial charge in [0.1, 0.15) is 0 Å². The van der Waals surface area contributed by atoms with Crippen molar-refractivity contribution in [2.24, 2.45) is 11.8 Å². The van der Waals surface area contributed by atoms with Gasteiger partial charge in [0.15, 0.2) is 5.11 Å². The van der Waals surface area contributed by atoms with Crippen LogP contribution in [0.15, 0.2) is 30.3 Å². The van der Waals surface area contributed by atoms with Crippen LogP contribution in [-0.4, -0.2) is 71.7 Å². The zero-order chi connectivity index (χ0) is 17.8. The van der Waals surface area contributed by atoms with Crippen LogP contribution in [0.25, 0.3) is 0 Å². The molecule has 2 bridgehead atoms. The van der Waals surface area contributed by atoms with Gasteiger partial charge >= 0.3 is 0 Å². The van der Waals surface area contributed by atoms with Crippen molar-refractivity contribution in [3.8, 4) is 0 Å². The summed E-state index contributed by atoms with van der Waals surface area (Å²) in [6, 6.07) is 10.8. The van der Waals surface area contributed by atoms with Crippen LogP contribution >= 0.6 is 24.0 Å². The topological polar surface area (TPSA) is 30.5 Å². The second kappa shape index (κ2) is 8.91. The van der Waals surface area contributed by atoms with E-state index in [9.17, 15) is 0 Å². The molecule has 5 rings (SSSR count). The number of benzene rings is 1. The predicted octanol–water partition coefficient (Wildman–Crippen LogP) is 2.73. The third-order valence-corrected chi connectivity index (χ3v) is 7.33. The summed E-state index contributed by atoms with van der Waals surface area (Å²) in [6.45, 7) is 7.40. The molecule has 26 heavy (non-hydrogen) atoms. The van der Waals surface area contributed by atoms with Gasteiger partial charge in [0.05, 0.1) is 0 Å². The summed E-state index contributed by atoms with van der Waals surface area (Å²) < 4.78 is 0. The first-order chi connectivity index (χ1) is 12.8. The molecular formula is C20H30N4S2. The van der Waals surface area contributed by atoms with Crippen LogP contribution in [0.1, 0.15) is 12.8 Å². The van der Waals surface area contributed by atoms with Crippen molar-refractivity contribution in [2.45, 2.75) is 18.9 Å². The smallest absolute Gasteiger partial charge is 0.170 e. The van der Waals surface area contributed by atoms with Crippen LogP contribution in [-0.2, 0) is 0 Å². The van der Waals surface area contributed by atoms with Crippen molar-refractivity contribution in [1.29, 1.82) is 0 Å². The van der Waals surface area contributed by atoms with Crippen molar-refractivity contribution in [2.75, 3.05) is 56.1 Å². The number of anilines is 1. The quantitative estimate of drug-likeness (QED) is 0.752. The number of para-hydroxylation sites is 1. The van der Waals surface area contributed by atoms with E-state index in [1.54, 1.807) is 0 Å². The van der Waals surface area contributed by atoms with E-state index in [4.69, 9.17) is 12.2 Å². The Morgan fingerprint density at radius 2 is 1.96 bits per heavy atom. The number of rotatable bonds is 5. The minimum atomic E-state index is 0.637. The molecular weight excluding hydrogens is 360 g/mol. The van der Waals surface area contributed by atoms with E-state index < -0.39 is 0 Å². The van der Waals surface area contributed by atoms with E-state index >= 15 is 0 Å². The molecule has 0 aliphatic carbocycles. The molecule has 4 aliphatic heterocycles. The number of fused-ring (bicyclic) bond motifs is 3. The Morgan fingerprint density at radius 3 is 2.69 bits per heavy atom. The Labute approximate surface area is 167 Å². The van der Waals surface area contributed by atoms with Crippen LogP contribution in [0.4, 0.5) is 5.69 Å². The number of thiocarbonyl (C=S) groups is 1. The van der Waals surface area contributed by atoms with Gasteiger partial charge in [-0.15, -0.1) is 0 Å². The Hall–Kier alpha value is -0.820. The third-order valence-electron chi connectivity index (χ3n) is 6.14. The van der Waals surface area contributed by atoms with Gasteiger partial charge in [0.25, 0.3) is 0 Å². The second-order valence-corrected chi connectivity index (χ2v) is 9.44. The molecule has 0 saturated carbocycles. The van der Waals surface area contributed by atoms with Crippen molar-refractivity contribution in [3.05, 3.63) is 30.3 Å². The zero-order valence-electron chi connectivity index (χ0n) is 15.4. The molecule has 0 radical (unpaired) electrons. The monoisotopic (exact) mass is 390 g/mol. The highest BCUT2D eigenvalue weighted by Gasteiger charge is 2.40. The Bertz CT molecular complexity index is 591. The van der Waals surface area contributed by atoms with Gasteiger partial charge < -0.3 is 15.5 Å². The van der Waals surface area contributed by atoms with Crippen molar-refractivity contribution in [1.82, 2.24) is 15.1 Å². The SMILES string of the molecule is S=C(NCC1CC2CCN1CC2CN1CCSCC1)Nc1ccccc1. The van der Waals surface area contributed by atoms with Crippen LogP contribution in [0, 0.1) is 11.8 Å². The minimum absolute atomic E-state index is 0.637. The fraction of sp³-hybridized carbons (Fsp3) is 0.650. The lowest BCUT2D eigenvalue weighted by molar-refractivity contribution is -0.00936. The number of thioether (sulfide) groups is 1. The van der Waals surface area contributed by atoms with Crippen LogP contribution < -0.4 is 10.6 Å². The summed E-state index contributed by atoms with van der Waals surface area (Å²) in [6.07, 6.45) is 2.71. The van der Waals surface area contributed by atoms with Gasteiger partial charge in [-0.05, 0) is 55.6 Å². The maximum atomic E-state index is 5.47. The molecule has 142 valence electrons. The highest BCUT2D eigenvalue weighted by atomic mass is 32.2. The van der Waals surface area contributed by atoms with E-state index in [0.29, 0.717) is 6.04 Å². The molecule has 4 atom stereocenters. The standard InChI is InChI=1S/C20H30N4S2/c25-20(22-18-4-2-1-3-5-18)21-13-19-12-16-6-7-24(19)15-17(16)14-23-8-10-26-11-9-23/h1-5,16-17,19H,6-15H2,(H2,21,22,25). The first kappa shape index (κ1) is 18.5. The average Bonchev–Trinajstić information content (AvgIpc) is 2.69. The van der Waals surface area contributed by atoms with E-state index in [0.717, 1.165) is 29.2 Å². The van der Waals surface area contributed by atoms with E-state index in [2.05, 4.69) is 32.2 Å². The van der Waals surface area contributed by atoms with Gasteiger partial charge in [-0.25, -0.2) is 0 Å². The summed E-state index contributed by atoms with van der Waals surface area (Å²) >= 11 is 7.58. The number of nitrogens with one attached hydrogen (secondary N) is 2. The first-order valence-electron chi connectivity index (χ1n) is 9.92. The maximum absolute atomic E-state index is 5.47. The summed E-state index contributed by atoms with van der Waals surface area (Å²) in [5, 5.41) is 7.47. The summed E-state index contributed by atoms with van der Waals surface area (Å²) in [7, 11) is 0. The van der Waals surface area contributed by atoms with Crippen LogP contribution in [0.5, 0.6) is 0 Å². The van der Waals surface area contributed by atoms with Gasteiger partial charge in [0, 0.05) is 56.0 Å². The van der Waals surface area contributed by atoms with Crippen molar-refractivity contribution >= 4 is 34.8 Å². The number of piperidine rings is 3. The molecule has 1 aromatic carbocycles. The van der Waals surface area contributed by atoms with Crippen molar-refractivity contribution < 1.29 is 0 Å². The van der Waals surface area contributed by atoms with E-state index in [-0.39, 0.29) is 0 Å². The van der Waals surface area contributed by atoms with Gasteiger partial charge in [-0.3, -0.25) is 4.90 Å². The molecule has 4 nitrogen and oxygen atoms in total. The summed E-state index contributed by atoms with van der Waals surface area (Å²) in [4.78, 5) is 5.41. The zero-order valence-corrected chi connectivity index (χ0v) is 17.0. The van der Waals surface area contributed by atoms with Gasteiger partial charge in [-0.2, -0.15) is 11.8 Å². The number of nitrogens with zero attached hydrogens (tertiary/aromatic N) is 2. The molecule has 2 N–H and O–H groups in total. The molecule has 0 aromatic heterocycles. The Balaban J connectivity index is 1.23. The normalized spacial score (nSPS) is 31.5. The Morgan fingerprint density at radius 1 is 1.15 bits per heavy atom. The molecule has 4 fully saturated rings. The molecule has 4 saturated heterocycles. The molecule has 4 unspecified atom stereocenters. The number of hydrogen-bond donors (Lipinski definition) is 2. The average molecular weight is 391 g/mol. The highest BCUT2D eigenvalue weighted by molar-refractivity contribution is 7.99. The summed E-state index contributed by atoms with van der Waals surface area (Å²) in [5.41, 5.74) is 1.05. The van der Waals surface area contributed by atoms with E-state index in [1.165, 1.54) is 57.1 Å². The fourth-order valence-corrected chi connectivity index (χ4v) is 5.87. The first-order valence-corrected chi connectivity index (χ1v) is 11.5. The van der Waals surface area contributed by atoms with Crippen LogP contribution in [0.2, 0.25) is 0 Å². The van der Waals surface area contributed by atoms with Gasteiger partial charge in [-0.1, -0.05) is 18.2 Å². The predicted molar refractivity (Wildman–Crippen MR) is 116 cm³/mol. The fourth-order valence-electron chi connectivity index (χ4n) is 4.69. The molecule has 4 aliphatic rings. The van der Waals surface area contributed by atoms with E-state index in [1.807, 2.05) is 30.3 Å². The highest BCUT2D eigenvalue weighted by Crippen LogP contribution is 2.36. The molecule has 0 amide bonds. The lowest BCUT2D eigenvalue weighted by Crippen LogP contribution is -2.59. The minimum Gasteiger partial charge on any atom is -0.361 e. The second-order valence-electron chi connectivity index (χ2n) is 7.81. The van der Waals surface area contributed by atoms with Gasteiger partial charge in [0.2, 0.25) is 0 Å². The largest absolute Gasteiger partial charge is 0.361 e. The molecule has 6 heteroatoms. The lowest BCUT2D eigenvalue weighted by Gasteiger charge is -2.51. The lowest BCUT2D eigenvalue weighted by atomic mass is 9.75. The third kappa shape index (κ3) is 4.71. The molecule has 0 spiro atoms. The molecule has 1 aromatic rings. The summed E-state index contributed by atoms with van der Waals surface area (Å²) in [5.74, 6) is 4.41. The molecule has 4 heterocycles.